The van der Waals surface area contributed by atoms with Gasteiger partial charge in [-0.15, -0.1) is 0 Å². The number of carbonyl (C=O) groups excluding carboxylic acids is 1. The van der Waals surface area contributed by atoms with E-state index in [-0.39, 0.29) is 11.7 Å². The molecule has 28 heavy (non-hydrogen) atoms. The van der Waals surface area contributed by atoms with Gasteiger partial charge in [-0.3, -0.25) is 9.89 Å². The van der Waals surface area contributed by atoms with Crippen LogP contribution >= 0.6 is 11.6 Å². The van der Waals surface area contributed by atoms with E-state index in [4.69, 9.17) is 11.6 Å². The predicted octanol–water partition coefficient (Wildman–Crippen LogP) is 5.28. The predicted molar refractivity (Wildman–Crippen MR) is 108 cm³/mol. The van der Waals surface area contributed by atoms with E-state index < -0.39 is 0 Å². The van der Waals surface area contributed by atoms with Crippen LogP contribution in [-0.4, -0.2) is 34.1 Å². The average molecular weight is 398 g/mol. The maximum absolute atomic E-state index is 13.1. The molecule has 0 radical (unpaired) electrons. The molecule has 1 aliphatic rings. The van der Waals surface area contributed by atoms with Crippen LogP contribution < -0.4 is 0 Å². The van der Waals surface area contributed by atoms with Crippen LogP contribution in [0.1, 0.15) is 41.2 Å². The van der Waals surface area contributed by atoms with Gasteiger partial charge in [-0.05, 0) is 60.9 Å². The van der Waals surface area contributed by atoms with Crippen LogP contribution in [0.5, 0.6) is 0 Å². The number of H-pyrrole nitrogens is 1. The van der Waals surface area contributed by atoms with Crippen LogP contribution in [0.3, 0.4) is 0 Å². The van der Waals surface area contributed by atoms with Crippen molar-refractivity contribution in [2.24, 2.45) is 0 Å². The van der Waals surface area contributed by atoms with Crippen molar-refractivity contribution in [3.05, 3.63) is 76.7 Å². The smallest absolute Gasteiger partial charge is 0.271 e. The standard InChI is InChI=1S/C22H21ClFN3O/c23-18-8-4-15(5-9-18)17-3-1-2-12-27(14-17)22(28)21-13-20(25-26-21)16-6-10-19(24)11-7-16/h4-11,13,17H,1-3,12,14H2,(H,25,26). The van der Waals surface area contributed by atoms with E-state index in [0.29, 0.717) is 23.9 Å². The molecule has 0 bridgehead atoms. The quantitative estimate of drug-likeness (QED) is 0.653. The number of aromatic nitrogens is 2. The van der Waals surface area contributed by atoms with Gasteiger partial charge < -0.3 is 4.90 Å². The molecule has 2 heterocycles. The summed E-state index contributed by atoms with van der Waals surface area (Å²) in [5.74, 6) is -0.0571. The van der Waals surface area contributed by atoms with E-state index in [0.717, 1.165) is 36.4 Å². The number of benzene rings is 2. The fraction of sp³-hybridized carbons (Fsp3) is 0.273. The molecule has 1 unspecified atom stereocenters. The number of hydrogen-bond acceptors (Lipinski definition) is 2. The highest BCUT2D eigenvalue weighted by Gasteiger charge is 2.25. The third kappa shape index (κ3) is 4.09. The number of nitrogens with one attached hydrogen (secondary N) is 1. The molecular weight excluding hydrogens is 377 g/mol. The first-order valence-corrected chi connectivity index (χ1v) is 9.84. The molecule has 1 aliphatic heterocycles. The Bertz CT molecular complexity index is 953. The van der Waals surface area contributed by atoms with Gasteiger partial charge in [-0.25, -0.2) is 4.39 Å². The van der Waals surface area contributed by atoms with Crippen molar-refractivity contribution in [3.63, 3.8) is 0 Å². The van der Waals surface area contributed by atoms with Crippen LogP contribution in [-0.2, 0) is 0 Å². The lowest BCUT2D eigenvalue weighted by atomic mass is 9.94. The molecule has 4 nitrogen and oxygen atoms in total. The number of aromatic amines is 1. The fourth-order valence-corrected chi connectivity index (χ4v) is 3.83. The lowest BCUT2D eigenvalue weighted by molar-refractivity contribution is 0.0748. The molecule has 2 aromatic carbocycles. The summed E-state index contributed by atoms with van der Waals surface area (Å²) in [5, 5.41) is 7.80. The average Bonchev–Trinajstić information content (AvgIpc) is 3.07. The first-order valence-electron chi connectivity index (χ1n) is 9.46. The number of likely N-dealkylation sites (tertiary alicyclic amines) is 1. The van der Waals surface area contributed by atoms with E-state index in [2.05, 4.69) is 10.2 Å². The highest BCUT2D eigenvalue weighted by molar-refractivity contribution is 6.30. The fourth-order valence-electron chi connectivity index (χ4n) is 3.70. The van der Waals surface area contributed by atoms with Gasteiger partial charge in [0.15, 0.2) is 0 Å². The Morgan fingerprint density at radius 2 is 1.86 bits per heavy atom. The molecule has 4 rings (SSSR count). The van der Waals surface area contributed by atoms with Crippen LogP contribution in [0.15, 0.2) is 54.6 Å². The molecule has 0 saturated carbocycles. The SMILES string of the molecule is O=C(c1cc(-c2ccc(F)cc2)n[nH]1)N1CCCCC(c2ccc(Cl)cc2)C1. The maximum Gasteiger partial charge on any atom is 0.271 e. The van der Waals surface area contributed by atoms with Crippen molar-refractivity contribution in [3.8, 4) is 11.3 Å². The van der Waals surface area contributed by atoms with Gasteiger partial charge in [0.25, 0.3) is 5.91 Å². The number of nitrogens with zero attached hydrogens (tertiary/aromatic N) is 2. The third-order valence-electron chi connectivity index (χ3n) is 5.25. The molecule has 1 saturated heterocycles. The van der Waals surface area contributed by atoms with E-state index in [1.54, 1.807) is 18.2 Å². The van der Waals surface area contributed by atoms with Crippen LogP contribution in [0, 0.1) is 5.82 Å². The van der Waals surface area contributed by atoms with Gasteiger partial charge in [0.2, 0.25) is 0 Å². The zero-order valence-electron chi connectivity index (χ0n) is 15.4. The number of hydrogen-bond donors (Lipinski definition) is 1. The van der Waals surface area contributed by atoms with E-state index in [1.165, 1.54) is 17.7 Å². The zero-order chi connectivity index (χ0) is 19.5. The molecule has 0 aliphatic carbocycles. The van der Waals surface area contributed by atoms with E-state index >= 15 is 0 Å². The summed E-state index contributed by atoms with van der Waals surface area (Å²) >= 11 is 6.01. The molecule has 3 aromatic rings. The second kappa shape index (κ2) is 8.15. The second-order valence-corrected chi connectivity index (χ2v) is 7.61. The van der Waals surface area contributed by atoms with Crippen molar-refractivity contribution < 1.29 is 9.18 Å². The molecule has 1 aromatic heterocycles. The number of halogens is 2. The summed E-state index contributed by atoms with van der Waals surface area (Å²) < 4.78 is 13.1. The highest BCUT2D eigenvalue weighted by atomic mass is 35.5. The molecule has 6 heteroatoms. The van der Waals surface area contributed by atoms with Gasteiger partial charge in [0, 0.05) is 29.6 Å². The lowest BCUT2D eigenvalue weighted by Crippen LogP contribution is -2.34. The topological polar surface area (TPSA) is 49.0 Å². The van der Waals surface area contributed by atoms with Crippen LogP contribution in [0.4, 0.5) is 4.39 Å². The van der Waals surface area contributed by atoms with Gasteiger partial charge in [-0.2, -0.15) is 5.10 Å². The minimum absolute atomic E-state index is 0.0540. The van der Waals surface area contributed by atoms with Crippen molar-refractivity contribution in [2.45, 2.75) is 25.2 Å². The Morgan fingerprint density at radius 3 is 2.61 bits per heavy atom. The first-order chi connectivity index (χ1) is 13.6. The summed E-state index contributed by atoms with van der Waals surface area (Å²) in [6, 6.07) is 15.7. The second-order valence-electron chi connectivity index (χ2n) is 7.17. The number of amides is 1. The summed E-state index contributed by atoms with van der Waals surface area (Å²) in [4.78, 5) is 15.0. The van der Waals surface area contributed by atoms with Crippen molar-refractivity contribution >= 4 is 17.5 Å². The first kappa shape index (κ1) is 18.7. The minimum Gasteiger partial charge on any atom is -0.337 e. The number of rotatable bonds is 3. The third-order valence-corrected chi connectivity index (χ3v) is 5.50. The number of carbonyl (C=O) groups is 1. The van der Waals surface area contributed by atoms with E-state index in [1.807, 2.05) is 29.2 Å². The Morgan fingerprint density at radius 1 is 1.11 bits per heavy atom. The summed E-state index contributed by atoms with van der Waals surface area (Å²) in [5.41, 5.74) is 3.07. The maximum atomic E-state index is 13.1. The monoisotopic (exact) mass is 397 g/mol. The van der Waals surface area contributed by atoms with Gasteiger partial charge in [0.05, 0.1) is 5.69 Å². The Balaban J connectivity index is 1.52. The van der Waals surface area contributed by atoms with Gasteiger partial charge in [0.1, 0.15) is 11.5 Å². The molecule has 1 fully saturated rings. The summed E-state index contributed by atoms with van der Waals surface area (Å²) in [6.45, 7) is 1.40. The van der Waals surface area contributed by atoms with Crippen LogP contribution in [0.25, 0.3) is 11.3 Å². The molecule has 0 spiro atoms. The zero-order valence-corrected chi connectivity index (χ0v) is 16.1. The Labute approximate surface area is 168 Å². The molecule has 1 amide bonds. The summed E-state index contributed by atoms with van der Waals surface area (Å²) in [7, 11) is 0. The van der Waals surface area contributed by atoms with Gasteiger partial charge in [-0.1, -0.05) is 30.2 Å². The van der Waals surface area contributed by atoms with Gasteiger partial charge >= 0.3 is 0 Å². The molecular formula is C22H21ClFN3O. The molecule has 1 atom stereocenters. The van der Waals surface area contributed by atoms with Crippen LogP contribution in [0.2, 0.25) is 5.02 Å². The van der Waals surface area contributed by atoms with Crippen molar-refractivity contribution in [2.75, 3.05) is 13.1 Å². The highest BCUT2D eigenvalue weighted by Crippen LogP contribution is 2.28. The Hall–Kier alpha value is -2.66. The molecule has 144 valence electrons. The minimum atomic E-state index is -0.298. The van der Waals surface area contributed by atoms with Crippen molar-refractivity contribution in [1.82, 2.24) is 15.1 Å². The lowest BCUT2D eigenvalue weighted by Gasteiger charge is -2.24. The van der Waals surface area contributed by atoms with Crippen molar-refractivity contribution in [1.29, 1.82) is 0 Å². The normalized spacial score (nSPS) is 17.4. The summed E-state index contributed by atoms with van der Waals surface area (Å²) in [6.07, 6.45) is 3.12. The largest absolute Gasteiger partial charge is 0.337 e. The molecule has 1 N–H and O–H groups in total. The van der Waals surface area contributed by atoms with E-state index in [9.17, 15) is 9.18 Å². The Kier molecular flexibility index (Phi) is 5.44.